The van der Waals surface area contributed by atoms with Crippen molar-refractivity contribution in [2.45, 2.75) is 12.7 Å². The van der Waals surface area contributed by atoms with E-state index in [2.05, 4.69) is 15.4 Å². The number of carbonyl (C=O) groups excluding carboxylic acids is 1. The maximum atomic E-state index is 13.6. The van der Waals surface area contributed by atoms with Crippen molar-refractivity contribution in [3.63, 3.8) is 0 Å². The second-order valence-corrected chi connectivity index (χ2v) is 6.75. The second-order valence-electron chi connectivity index (χ2n) is 5.51. The monoisotopic (exact) mass is 490 g/mol. The summed E-state index contributed by atoms with van der Waals surface area (Å²) in [5.74, 6) is -1.43. The molecule has 3 rings (SSSR count). The molecular weight excluding hydrogens is 479 g/mol. The molecule has 27 heavy (non-hydrogen) atoms. The standard InChI is InChI=1S/C17H11F4IN4O/c18-14-8-23-5-3-12(14)16(27)24-15-4-6-26(25-15)9-10-1-2-11(22)7-13(10)17(19,20)21/h1-8H,9H2,(H,24,25,27). The molecule has 10 heteroatoms. The van der Waals surface area contributed by atoms with Gasteiger partial charge in [-0.15, -0.1) is 0 Å². The van der Waals surface area contributed by atoms with E-state index in [9.17, 15) is 22.4 Å². The molecule has 0 spiro atoms. The lowest BCUT2D eigenvalue weighted by atomic mass is 10.1. The van der Waals surface area contributed by atoms with E-state index in [-0.39, 0.29) is 23.5 Å². The van der Waals surface area contributed by atoms with Crippen LogP contribution in [0, 0.1) is 9.39 Å². The summed E-state index contributed by atoms with van der Waals surface area (Å²) in [6, 6.07) is 6.65. The number of nitrogens with zero attached hydrogens (tertiary/aromatic N) is 3. The third-order valence-corrected chi connectivity index (χ3v) is 4.28. The zero-order chi connectivity index (χ0) is 19.6. The summed E-state index contributed by atoms with van der Waals surface area (Å²) in [6.45, 7) is -0.134. The molecule has 2 heterocycles. The van der Waals surface area contributed by atoms with Gasteiger partial charge in [0.2, 0.25) is 0 Å². The minimum absolute atomic E-state index is 0.0454. The first-order valence-electron chi connectivity index (χ1n) is 7.54. The van der Waals surface area contributed by atoms with Gasteiger partial charge in [0, 0.05) is 22.0 Å². The maximum absolute atomic E-state index is 13.6. The van der Waals surface area contributed by atoms with Gasteiger partial charge in [-0.25, -0.2) is 4.39 Å². The minimum atomic E-state index is -4.49. The molecule has 0 aliphatic rings. The zero-order valence-electron chi connectivity index (χ0n) is 13.5. The maximum Gasteiger partial charge on any atom is 0.416 e. The van der Waals surface area contributed by atoms with Crippen molar-refractivity contribution >= 4 is 34.3 Å². The van der Waals surface area contributed by atoms with Gasteiger partial charge in [0.15, 0.2) is 11.6 Å². The number of aromatic nitrogens is 3. The number of rotatable bonds is 4. The van der Waals surface area contributed by atoms with Crippen LogP contribution in [0.4, 0.5) is 23.4 Å². The number of carbonyl (C=O) groups is 1. The highest BCUT2D eigenvalue weighted by molar-refractivity contribution is 14.1. The van der Waals surface area contributed by atoms with Gasteiger partial charge in [-0.1, -0.05) is 6.07 Å². The largest absolute Gasteiger partial charge is 0.416 e. The first-order chi connectivity index (χ1) is 12.7. The Labute approximate surface area is 164 Å². The van der Waals surface area contributed by atoms with E-state index in [1.165, 1.54) is 35.3 Å². The van der Waals surface area contributed by atoms with Crippen molar-refractivity contribution in [1.29, 1.82) is 0 Å². The number of hydrogen-bond acceptors (Lipinski definition) is 3. The van der Waals surface area contributed by atoms with E-state index < -0.39 is 23.5 Å². The molecule has 0 unspecified atom stereocenters. The molecule has 0 radical (unpaired) electrons. The quantitative estimate of drug-likeness (QED) is 0.438. The molecule has 0 saturated heterocycles. The molecule has 1 N–H and O–H groups in total. The van der Waals surface area contributed by atoms with Crippen LogP contribution in [0.15, 0.2) is 48.9 Å². The highest BCUT2D eigenvalue weighted by Crippen LogP contribution is 2.33. The molecule has 1 aromatic carbocycles. The van der Waals surface area contributed by atoms with E-state index >= 15 is 0 Å². The topological polar surface area (TPSA) is 59.8 Å². The number of anilines is 1. The zero-order valence-corrected chi connectivity index (χ0v) is 15.6. The van der Waals surface area contributed by atoms with Crippen molar-refractivity contribution in [2.24, 2.45) is 0 Å². The van der Waals surface area contributed by atoms with Gasteiger partial charge >= 0.3 is 6.18 Å². The van der Waals surface area contributed by atoms with Gasteiger partial charge in [-0.2, -0.15) is 18.3 Å². The Morgan fingerprint density at radius 3 is 2.70 bits per heavy atom. The van der Waals surface area contributed by atoms with Gasteiger partial charge in [0.1, 0.15) is 0 Å². The Morgan fingerprint density at radius 2 is 2.00 bits per heavy atom. The summed E-state index contributed by atoms with van der Waals surface area (Å²) in [7, 11) is 0. The summed E-state index contributed by atoms with van der Waals surface area (Å²) >= 11 is 1.81. The summed E-state index contributed by atoms with van der Waals surface area (Å²) < 4.78 is 54.9. The molecule has 140 valence electrons. The average molecular weight is 490 g/mol. The van der Waals surface area contributed by atoms with Crippen LogP contribution in [0.1, 0.15) is 21.5 Å². The van der Waals surface area contributed by atoms with Crippen LogP contribution >= 0.6 is 22.6 Å². The molecule has 0 bridgehead atoms. The minimum Gasteiger partial charge on any atom is -0.305 e. The number of alkyl halides is 3. The van der Waals surface area contributed by atoms with Crippen LogP contribution in [0.5, 0.6) is 0 Å². The number of benzene rings is 1. The van der Waals surface area contributed by atoms with Crippen molar-refractivity contribution in [1.82, 2.24) is 14.8 Å². The van der Waals surface area contributed by atoms with Gasteiger partial charge in [0.05, 0.1) is 23.9 Å². The normalized spacial score (nSPS) is 11.4. The lowest BCUT2D eigenvalue weighted by Gasteiger charge is -2.13. The summed E-state index contributed by atoms with van der Waals surface area (Å²) in [4.78, 5) is 15.6. The van der Waals surface area contributed by atoms with E-state index in [1.807, 2.05) is 22.6 Å². The Bertz CT molecular complexity index is 987. The van der Waals surface area contributed by atoms with E-state index in [0.29, 0.717) is 3.57 Å². The Morgan fingerprint density at radius 1 is 1.22 bits per heavy atom. The molecule has 0 aliphatic carbocycles. The van der Waals surface area contributed by atoms with E-state index in [4.69, 9.17) is 0 Å². The van der Waals surface area contributed by atoms with Crippen LogP contribution in [0.2, 0.25) is 0 Å². The number of halogens is 5. The summed E-state index contributed by atoms with van der Waals surface area (Å²) in [5, 5.41) is 6.42. The third kappa shape index (κ3) is 4.62. The highest BCUT2D eigenvalue weighted by Gasteiger charge is 2.33. The van der Waals surface area contributed by atoms with Gasteiger partial charge < -0.3 is 5.32 Å². The van der Waals surface area contributed by atoms with Gasteiger partial charge in [-0.05, 0) is 46.4 Å². The first kappa shape index (κ1) is 19.3. The fourth-order valence-corrected chi connectivity index (χ4v) is 2.88. The molecular formula is C17H11F4IN4O. The number of hydrogen-bond donors (Lipinski definition) is 1. The van der Waals surface area contributed by atoms with Crippen LogP contribution < -0.4 is 5.32 Å². The van der Waals surface area contributed by atoms with Crippen molar-refractivity contribution in [2.75, 3.05) is 5.32 Å². The van der Waals surface area contributed by atoms with Crippen molar-refractivity contribution in [3.8, 4) is 0 Å². The first-order valence-corrected chi connectivity index (χ1v) is 8.62. The van der Waals surface area contributed by atoms with E-state index in [0.717, 1.165) is 12.3 Å². The molecule has 0 fully saturated rings. The Hall–Kier alpha value is -2.50. The average Bonchev–Trinajstić information content (AvgIpc) is 3.03. The van der Waals surface area contributed by atoms with Crippen LogP contribution in [0.25, 0.3) is 0 Å². The number of amides is 1. The molecule has 1 amide bonds. The van der Waals surface area contributed by atoms with E-state index in [1.54, 1.807) is 6.07 Å². The summed E-state index contributed by atoms with van der Waals surface area (Å²) in [5.41, 5.74) is -0.907. The second kappa shape index (κ2) is 7.62. The van der Waals surface area contributed by atoms with Crippen LogP contribution in [0.3, 0.4) is 0 Å². The van der Waals surface area contributed by atoms with Gasteiger partial charge in [0.25, 0.3) is 5.91 Å². The molecule has 2 aromatic heterocycles. The predicted molar refractivity (Wildman–Crippen MR) is 97.6 cm³/mol. The molecule has 3 aromatic rings. The molecule has 0 aliphatic heterocycles. The fraction of sp³-hybridized carbons (Fsp3) is 0.118. The van der Waals surface area contributed by atoms with Crippen molar-refractivity contribution < 1.29 is 22.4 Å². The van der Waals surface area contributed by atoms with Gasteiger partial charge in [-0.3, -0.25) is 14.5 Å². The molecule has 0 atom stereocenters. The summed E-state index contributed by atoms with van der Waals surface area (Å²) in [6.07, 6.45) is -0.884. The highest BCUT2D eigenvalue weighted by atomic mass is 127. The number of nitrogens with one attached hydrogen (secondary N) is 1. The lowest BCUT2D eigenvalue weighted by Crippen LogP contribution is -2.15. The molecule has 0 saturated carbocycles. The third-order valence-electron chi connectivity index (χ3n) is 3.61. The lowest BCUT2D eigenvalue weighted by molar-refractivity contribution is -0.138. The number of pyridine rings is 1. The van der Waals surface area contributed by atoms with Crippen LogP contribution in [-0.2, 0) is 12.7 Å². The Kier molecular flexibility index (Phi) is 5.44. The SMILES string of the molecule is O=C(Nc1ccn(Cc2ccc(I)cc2C(F)(F)F)n1)c1ccncc1F. The fourth-order valence-electron chi connectivity index (χ4n) is 2.38. The van der Waals surface area contributed by atoms with Crippen molar-refractivity contribution in [3.05, 3.63) is 75.0 Å². The smallest absolute Gasteiger partial charge is 0.305 e. The molecule has 5 nitrogen and oxygen atoms in total. The Balaban J connectivity index is 1.78. The van der Waals surface area contributed by atoms with Crippen LogP contribution in [-0.4, -0.2) is 20.7 Å². The predicted octanol–water partition coefficient (Wildman–Crippen LogP) is 4.34.